The van der Waals surface area contributed by atoms with Crippen LogP contribution in [0.15, 0.2) is 30.7 Å². The minimum atomic E-state index is 0.0348. The van der Waals surface area contributed by atoms with Gasteiger partial charge in [0.1, 0.15) is 18.0 Å². The van der Waals surface area contributed by atoms with E-state index in [1.165, 1.54) is 6.33 Å². The van der Waals surface area contributed by atoms with Gasteiger partial charge in [0.25, 0.3) is 0 Å². The summed E-state index contributed by atoms with van der Waals surface area (Å²) in [6, 6.07) is 5.87. The molecular formula is C17H18N6O. The Morgan fingerprint density at radius 3 is 2.79 bits per heavy atom. The molecule has 0 unspecified atom stereocenters. The molecule has 122 valence electrons. The van der Waals surface area contributed by atoms with Gasteiger partial charge in [-0.3, -0.25) is 9.48 Å². The smallest absolute Gasteiger partial charge is 0.228 e. The molecule has 1 aliphatic carbocycles. The lowest BCUT2D eigenvalue weighted by Crippen LogP contribution is -2.14. The average Bonchev–Trinajstić information content (AvgIpc) is 3.35. The van der Waals surface area contributed by atoms with Crippen molar-refractivity contribution in [3.05, 3.63) is 36.3 Å². The van der Waals surface area contributed by atoms with E-state index < -0.39 is 0 Å². The summed E-state index contributed by atoms with van der Waals surface area (Å²) in [4.78, 5) is 20.2. The molecule has 1 aromatic carbocycles. The van der Waals surface area contributed by atoms with Crippen molar-refractivity contribution < 1.29 is 4.79 Å². The fourth-order valence-electron chi connectivity index (χ4n) is 2.64. The molecule has 4 rings (SSSR count). The molecule has 1 aliphatic rings. The van der Waals surface area contributed by atoms with E-state index in [4.69, 9.17) is 0 Å². The Morgan fingerprint density at radius 2 is 2.00 bits per heavy atom. The summed E-state index contributed by atoms with van der Waals surface area (Å²) < 4.78 is 1.85. The molecule has 7 heteroatoms. The first-order chi connectivity index (χ1) is 11.6. The summed E-state index contributed by atoms with van der Waals surface area (Å²) in [7, 11) is 1.92. The Kier molecular flexibility index (Phi) is 3.41. The predicted octanol–water partition coefficient (Wildman–Crippen LogP) is 2.76. The molecular weight excluding hydrogens is 304 g/mol. The van der Waals surface area contributed by atoms with Crippen molar-refractivity contribution in [3.8, 4) is 0 Å². The lowest BCUT2D eigenvalue weighted by Gasteiger charge is -2.10. The van der Waals surface area contributed by atoms with Crippen LogP contribution in [-0.2, 0) is 11.8 Å². The highest BCUT2D eigenvalue weighted by Gasteiger charge is 2.29. The maximum atomic E-state index is 11.8. The number of anilines is 3. The van der Waals surface area contributed by atoms with Crippen LogP contribution in [0.2, 0.25) is 0 Å². The fraction of sp³-hybridized carbons (Fsp3) is 0.294. The van der Waals surface area contributed by atoms with Crippen molar-refractivity contribution in [3.63, 3.8) is 0 Å². The lowest BCUT2D eigenvalue weighted by atomic mass is 10.1. The summed E-state index contributed by atoms with van der Waals surface area (Å²) >= 11 is 0. The molecule has 3 aromatic rings. The maximum Gasteiger partial charge on any atom is 0.228 e. The maximum absolute atomic E-state index is 11.8. The van der Waals surface area contributed by atoms with Gasteiger partial charge in [-0.05, 0) is 37.5 Å². The zero-order valence-electron chi connectivity index (χ0n) is 13.6. The van der Waals surface area contributed by atoms with Crippen LogP contribution in [0.1, 0.15) is 18.4 Å². The molecule has 0 spiro atoms. The fourth-order valence-corrected chi connectivity index (χ4v) is 2.64. The first-order valence-electron chi connectivity index (χ1n) is 7.92. The van der Waals surface area contributed by atoms with E-state index >= 15 is 0 Å². The highest BCUT2D eigenvalue weighted by Crippen LogP contribution is 2.30. The van der Waals surface area contributed by atoms with E-state index in [0.29, 0.717) is 11.6 Å². The molecule has 2 N–H and O–H groups in total. The molecule has 7 nitrogen and oxygen atoms in total. The number of hydrogen-bond donors (Lipinski definition) is 2. The van der Waals surface area contributed by atoms with Gasteiger partial charge in [0.05, 0.1) is 11.7 Å². The molecule has 0 atom stereocenters. The molecule has 2 aromatic heterocycles. The van der Waals surface area contributed by atoms with Crippen LogP contribution in [0.5, 0.6) is 0 Å². The van der Waals surface area contributed by atoms with E-state index in [1.54, 1.807) is 6.07 Å². The quantitative estimate of drug-likeness (QED) is 0.771. The van der Waals surface area contributed by atoms with Crippen LogP contribution in [0, 0.1) is 12.8 Å². The van der Waals surface area contributed by atoms with Crippen molar-refractivity contribution >= 4 is 34.1 Å². The van der Waals surface area contributed by atoms with Crippen molar-refractivity contribution in [2.45, 2.75) is 19.8 Å². The third-order valence-corrected chi connectivity index (χ3v) is 4.22. The zero-order valence-corrected chi connectivity index (χ0v) is 13.6. The van der Waals surface area contributed by atoms with Crippen LogP contribution in [-0.4, -0.2) is 25.7 Å². The number of amides is 1. The number of nitrogens with zero attached hydrogens (tertiary/aromatic N) is 4. The topological polar surface area (TPSA) is 84.7 Å². The van der Waals surface area contributed by atoms with E-state index in [0.717, 1.165) is 35.0 Å². The number of aromatic nitrogens is 4. The van der Waals surface area contributed by atoms with Gasteiger partial charge < -0.3 is 10.6 Å². The molecule has 0 aliphatic heterocycles. The third-order valence-electron chi connectivity index (χ3n) is 4.22. The van der Waals surface area contributed by atoms with Crippen molar-refractivity contribution in [2.24, 2.45) is 13.0 Å². The number of nitrogens with one attached hydrogen (secondary N) is 2. The van der Waals surface area contributed by atoms with Crippen LogP contribution < -0.4 is 10.6 Å². The van der Waals surface area contributed by atoms with Gasteiger partial charge in [-0.25, -0.2) is 9.97 Å². The van der Waals surface area contributed by atoms with Gasteiger partial charge in [0.2, 0.25) is 5.91 Å². The minimum Gasteiger partial charge on any atom is -0.340 e. The Morgan fingerprint density at radius 1 is 1.21 bits per heavy atom. The van der Waals surface area contributed by atoms with E-state index in [9.17, 15) is 4.79 Å². The number of rotatable bonds is 4. The number of fused-ring (bicyclic) bond motifs is 1. The van der Waals surface area contributed by atoms with Gasteiger partial charge >= 0.3 is 0 Å². The Bertz CT molecular complexity index is 928. The van der Waals surface area contributed by atoms with E-state index in [-0.39, 0.29) is 11.8 Å². The van der Waals surface area contributed by atoms with Crippen molar-refractivity contribution in [2.75, 3.05) is 10.6 Å². The molecule has 2 heterocycles. The molecule has 0 radical (unpaired) electrons. The number of hydrogen-bond acceptors (Lipinski definition) is 5. The minimum absolute atomic E-state index is 0.0348. The second kappa shape index (κ2) is 5.59. The molecule has 24 heavy (non-hydrogen) atoms. The summed E-state index contributed by atoms with van der Waals surface area (Å²) in [6.07, 6.45) is 5.21. The van der Waals surface area contributed by atoms with Gasteiger partial charge in [-0.2, -0.15) is 5.10 Å². The molecule has 1 amide bonds. The molecule has 0 bridgehead atoms. The Labute approximate surface area is 139 Å². The van der Waals surface area contributed by atoms with Crippen LogP contribution in [0.3, 0.4) is 0 Å². The molecule has 0 saturated heterocycles. The summed E-state index contributed by atoms with van der Waals surface area (Å²) in [6.45, 7) is 2.03. The predicted molar refractivity (Wildman–Crippen MR) is 92.1 cm³/mol. The first kappa shape index (κ1) is 14.6. The summed E-state index contributed by atoms with van der Waals surface area (Å²) in [5.41, 5.74) is 3.13. The normalized spacial score (nSPS) is 13.9. The highest BCUT2D eigenvalue weighted by molar-refractivity contribution is 5.93. The SMILES string of the molecule is Cc1cc2c(cnn2C)cc1Nc1cc(NC(=O)C2CC2)ncn1. The number of carbonyl (C=O) groups is 1. The van der Waals surface area contributed by atoms with Crippen molar-refractivity contribution in [1.82, 2.24) is 19.7 Å². The summed E-state index contributed by atoms with van der Waals surface area (Å²) in [5, 5.41) is 11.5. The van der Waals surface area contributed by atoms with Gasteiger partial charge in [-0.1, -0.05) is 0 Å². The largest absolute Gasteiger partial charge is 0.340 e. The third kappa shape index (κ3) is 2.80. The second-order valence-electron chi connectivity index (χ2n) is 6.17. The number of carbonyl (C=O) groups excluding carboxylic acids is 1. The van der Waals surface area contributed by atoms with Crippen LogP contribution in [0.25, 0.3) is 10.9 Å². The Hall–Kier alpha value is -2.96. The van der Waals surface area contributed by atoms with Crippen molar-refractivity contribution in [1.29, 1.82) is 0 Å². The van der Waals surface area contributed by atoms with E-state index in [2.05, 4.69) is 31.8 Å². The Balaban J connectivity index is 1.58. The second-order valence-corrected chi connectivity index (χ2v) is 6.17. The van der Waals surface area contributed by atoms with Crippen LogP contribution >= 0.6 is 0 Å². The monoisotopic (exact) mass is 322 g/mol. The molecule has 1 saturated carbocycles. The average molecular weight is 322 g/mol. The van der Waals surface area contributed by atoms with Gasteiger partial charge in [0.15, 0.2) is 0 Å². The zero-order chi connectivity index (χ0) is 16.7. The highest BCUT2D eigenvalue weighted by atomic mass is 16.2. The first-order valence-corrected chi connectivity index (χ1v) is 7.92. The van der Waals surface area contributed by atoms with Gasteiger partial charge in [-0.15, -0.1) is 0 Å². The lowest BCUT2D eigenvalue weighted by molar-refractivity contribution is -0.117. The van der Waals surface area contributed by atoms with E-state index in [1.807, 2.05) is 30.9 Å². The van der Waals surface area contributed by atoms with Gasteiger partial charge in [0, 0.05) is 30.1 Å². The number of benzene rings is 1. The molecule has 1 fully saturated rings. The standard InChI is InChI=1S/C17H18N6O/c1-10-5-14-12(8-20-23(14)2)6-13(10)21-15-7-16(19-9-18-15)22-17(24)11-3-4-11/h5-9,11H,3-4H2,1-2H3,(H2,18,19,21,22,24). The number of aryl methyl sites for hydroxylation is 2. The summed E-state index contributed by atoms with van der Waals surface area (Å²) in [5.74, 6) is 1.34. The van der Waals surface area contributed by atoms with Crippen LogP contribution in [0.4, 0.5) is 17.3 Å².